The van der Waals surface area contributed by atoms with E-state index in [1.54, 1.807) is 18.2 Å². The van der Waals surface area contributed by atoms with Gasteiger partial charge in [-0.2, -0.15) is 0 Å². The predicted octanol–water partition coefficient (Wildman–Crippen LogP) is 7.23. The number of alkyl carbamates (subject to hydrolysis) is 1. The Kier molecular flexibility index (Phi) is 11.7. The van der Waals surface area contributed by atoms with Crippen LogP contribution < -0.4 is 10.6 Å². The average Bonchev–Trinajstić information content (AvgIpc) is 3.85. The molecule has 328 valence electrons. The number of imidazole rings is 2. The number of ether oxygens (including phenoxy) is 2. The Morgan fingerprint density at radius 1 is 0.762 bits per heavy atom. The fourth-order valence-electron chi connectivity index (χ4n) is 9.80. The van der Waals surface area contributed by atoms with Crippen LogP contribution in [-0.4, -0.2) is 93.0 Å². The van der Waals surface area contributed by atoms with Gasteiger partial charge in [-0.25, -0.2) is 14.8 Å². The highest BCUT2D eigenvalue weighted by atomic mass is 16.5. The summed E-state index contributed by atoms with van der Waals surface area (Å²) in [6.45, 7) is 7.00. The first-order valence-electron chi connectivity index (χ1n) is 22.1. The molecule has 63 heavy (non-hydrogen) atoms. The summed E-state index contributed by atoms with van der Waals surface area (Å²) in [6, 6.07) is 24.3. The normalized spacial score (nSPS) is 23.6. The molecule has 0 bridgehead atoms. The second-order valence-electron chi connectivity index (χ2n) is 18.1. The number of nitrogens with zero attached hydrogens (tertiary/aromatic N) is 4. The summed E-state index contributed by atoms with van der Waals surface area (Å²) < 4.78 is 10.3. The molecular weight excluding hydrogens is 797 g/mol. The van der Waals surface area contributed by atoms with E-state index in [1.165, 1.54) is 7.11 Å². The molecule has 0 spiro atoms. The van der Waals surface area contributed by atoms with Gasteiger partial charge >= 0.3 is 6.09 Å². The minimum atomic E-state index is -0.740. The van der Waals surface area contributed by atoms with Gasteiger partial charge < -0.3 is 39.9 Å². The van der Waals surface area contributed by atoms with Crippen LogP contribution in [0.4, 0.5) is 4.79 Å². The minimum absolute atomic E-state index is 0.00554. The van der Waals surface area contributed by atoms with Crippen molar-refractivity contribution in [2.45, 2.75) is 76.7 Å². The molecule has 2 saturated heterocycles. The Labute approximate surface area is 367 Å². The summed E-state index contributed by atoms with van der Waals surface area (Å²) in [5, 5.41) is 5.82. The highest BCUT2D eigenvalue weighted by Crippen LogP contribution is 2.58. The van der Waals surface area contributed by atoms with E-state index >= 15 is 0 Å². The number of likely N-dealkylation sites (tertiary alicyclic amines) is 2. The smallest absolute Gasteiger partial charge is 0.407 e. The first kappa shape index (κ1) is 42.0. The monoisotopic (exact) mass is 852 g/mol. The molecule has 4 unspecified atom stereocenters. The summed E-state index contributed by atoms with van der Waals surface area (Å²) in [5.41, 5.74) is 6.57. The van der Waals surface area contributed by atoms with Crippen LogP contribution in [0.15, 0.2) is 91.3 Å². The third kappa shape index (κ3) is 8.48. The molecule has 4 aliphatic rings. The van der Waals surface area contributed by atoms with Crippen LogP contribution in [-0.2, 0) is 23.9 Å². The molecule has 14 heteroatoms. The summed E-state index contributed by atoms with van der Waals surface area (Å²) in [7, 11) is 2.95. The van der Waals surface area contributed by atoms with Gasteiger partial charge in [0, 0.05) is 31.5 Å². The first-order valence-corrected chi connectivity index (χ1v) is 22.1. The Bertz CT molecular complexity index is 2440. The number of aromatic amines is 2. The number of rotatable bonds is 14. The van der Waals surface area contributed by atoms with Gasteiger partial charge in [0.1, 0.15) is 23.7 Å². The number of piperidine rings is 1. The molecule has 9 rings (SSSR count). The number of hydrogen-bond acceptors (Lipinski definition) is 8. The molecule has 2 aromatic heterocycles. The number of methoxy groups -OCH3 is 2. The predicted molar refractivity (Wildman–Crippen MR) is 236 cm³/mol. The van der Waals surface area contributed by atoms with Gasteiger partial charge in [0.2, 0.25) is 11.8 Å². The van der Waals surface area contributed by atoms with E-state index in [0.717, 1.165) is 64.3 Å². The van der Waals surface area contributed by atoms with Crippen molar-refractivity contribution in [1.29, 1.82) is 0 Å². The lowest BCUT2D eigenvalue weighted by molar-refractivity contribution is -0.139. The van der Waals surface area contributed by atoms with Crippen LogP contribution in [0.3, 0.4) is 0 Å². The molecular formula is C49H56N8O6. The molecule has 14 nitrogen and oxygen atoms in total. The third-order valence-corrected chi connectivity index (χ3v) is 13.5. The summed E-state index contributed by atoms with van der Waals surface area (Å²) >= 11 is 0. The van der Waals surface area contributed by atoms with Crippen molar-refractivity contribution in [2.75, 3.05) is 27.4 Å². The maximum absolute atomic E-state index is 14.5. The van der Waals surface area contributed by atoms with Gasteiger partial charge in [0.15, 0.2) is 0 Å². The van der Waals surface area contributed by atoms with Crippen LogP contribution in [0, 0.1) is 29.6 Å². The van der Waals surface area contributed by atoms with E-state index in [2.05, 4.69) is 76.1 Å². The maximum atomic E-state index is 14.5. The number of hydrogen-bond donors (Lipinski definition) is 4. The topological polar surface area (TPSA) is 175 Å². The van der Waals surface area contributed by atoms with Gasteiger partial charge in [0.25, 0.3) is 5.91 Å². The van der Waals surface area contributed by atoms with Crippen molar-refractivity contribution in [3.8, 4) is 33.6 Å². The quantitative estimate of drug-likeness (QED) is 0.0906. The lowest BCUT2D eigenvalue weighted by Crippen LogP contribution is -2.51. The second-order valence-corrected chi connectivity index (χ2v) is 18.1. The van der Waals surface area contributed by atoms with Crippen molar-refractivity contribution < 1.29 is 28.7 Å². The fourth-order valence-corrected chi connectivity index (χ4v) is 9.80. The summed E-state index contributed by atoms with van der Waals surface area (Å²) in [5.74, 6) is 1.93. The highest BCUT2D eigenvalue weighted by molar-refractivity contribution is 5.91. The molecule has 4 N–H and O–H groups in total. The highest BCUT2D eigenvalue weighted by Gasteiger charge is 2.61. The zero-order valence-electron chi connectivity index (χ0n) is 36.4. The average molecular weight is 853 g/mol. The van der Waals surface area contributed by atoms with Crippen molar-refractivity contribution in [1.82, 2.24) is 40.4 Å². The molecule has 3 aromatic carbocycles. The summed E-state index contributed by atoms with van der Waals surface area (Å²) in [4.78, 5) is 73.9. The molecule has 4 heterocycles. The van der Waals surface area contributed by atoms with Gasteiger partial charge in [0.05, 0.1) is 49.6 Å². The first-order chi connectivity index (χ1) is 30.5. The number of carbonyl (C=O) groups is 4. The Hall–Kier alpha value is -6.28. The number of amides is 4. The number of aromatic nitrogens is 4. The van der Waals surface area contributed by atoms with Crippen LogP contribution in [0.5, 0.6) is 0 Å². The van der Waals surface area contributed by atoms with Gasteiger partial charge in [-0.3, -0.25) is 14.4 Å². The second kappa shape index (κ2) is 17.5. The fraction of sp³-hybridized carbons (Fsp3) is 0.429. The third-order valence-electron chi connectivity index (χ3n) is 13.5. The van der Waals surface area contributed by atoms with Gasteiger partial charge in [-0.05, 0) is 71.3 Å². The molecule has 8 atom stereocenters. The van der Waals surface area contributed by atoms with E-state index in [4.69, 9.17) is 19.4 Å². The van der Waals surface area contributed by atoms with Crippen LogP contribution in [0.25, 0.3) is 33.6 Å². The van der Waals surface area contributed by atoms with E-state index < -0.39 is 18.2 Å². The van der Waals surface area contributed by atoms with Crippen molar-refractivity contribution in [3.05, 3.63) is 108 Å². The number of carbonyl (C=O) groups excluding carboxylic acids is 4. The Morgan fingerprint density at radius 3 is 1.90 bits per heavy atom. The van der Waals surface area contributed by atoms with Crippen LogP contribution in [0.1, 0.15) is 81.8 Å². The molecule has 0 radical (unpaired) electrons. The van der Waals surface area contributed by atoms with Gasteiger partial charge in [-0.1, -0.05) is 99.6 Å². The zero-order chi connectivity index (χ0) is 43.9. The molecule has 2 aliphatic carbocycles. The SMILES string of the molecule is COC[C@H]1C[C@@H](c2ncc(-c3ccc(-c4ccc(-c5cnc([C@@H]6CC7C(C)C7N6C(=O)[C@H](NC(=O)C6CC6)c6ccccc6)[nH]5)cc4)cc3)[nH]2)N(C(=O)C(NC(=O)OC)C(C)C)C1. The van der Waals surface area contributed by atoms with Crippen molar-refractivity contribution in [2.24, 2.45) is 29.6 Å². The number of fused-ring (bicyclic) bond motifs is 1. The van der Waals surface area contributed by atoms with Gasteiger partial charge in [-0.15, -0.1) is 0 Å². The minimum Gasteiger partial charge on any atom is -0.453 e. The standard InChI is InChI=1S/C49H56N8O6/c1-27(2)41(55-49(61)63-5)47(59)56-25-29(26-62-4)21-39(56)44-50-23-37(52-44)32-15-11-30(12-16-32)31-13-17-33(18-14-31)38-24-51-45(53-38)40-22-36-28(3)43(36)57(40)48(60)42(34-9-7-6-8-10-34)54-46(58)35-19-20-35/h6-18,23-24,27-29,35-36,39-43H,19-22,25-26H2,1-5H3,(H,50,52)(H,51,53)(H,54,58)(H,55,61)/t28?,29-,36?,39-,40-,41?,42+,43?/m0/s1. The maximum Gasteiger partial charge on any atom is 0.407 e. The molecule has 2 saturated carbocycles. The van der Waals surface area contributed by atoms with E-state index in [9.17, 15) is 19.2 Å². The van der Waals surface area contributed by atoms with Crippen molar-refractivity contribution >= 4 is 23.8 Å². The van der Waals surface area contributed by atoms with Crippen LogP contribution in [0.2, 0.25) is 0 Å². The van der Waals surface area contributed by atoms with E-state index in [-0.39, 0.29) is 53.6 Å². The number of benzene rings is 3. The molecule has 4 fully saturated rings. The zero-order valence-corrected chi connectivity index (χ0v) is 36.4. The lowest BCUT2D eigenvalue weighted by Gasteiger charge is -2.31. The van der Waals surface area contributed by atoms with Crippen LogP contribution >= 0.6 is 0 Å². The lowest BCUT2D eigenvalue weighted by atomic mass is 10.0. The molecule has 5 aromatic rings. The van der Waals surface area contributed by atoms with E-state index in [1.807, 2.05) is 55.3 Å². The Morgan fingerprint density at radius 2 is 1.35 bits per heavy atom. The molecule has 4 amide bonds. The van der Waals surface area contributed by atoms with Crippen molar-refractivity contribution in [3.63, 3.8) is 0 Å². The molecule has 2 aliphatic heterocycles. The van der Waals surface area contributed by atoms with E-state index in [0.29, 0.717) is 37.2 Å². The largest absolute Gasteiger partial charge is 0.453 e. The number of nitrogens with one attached hydrogen (secondary N) is 4. The Balaban J connectivity index is 0.880. The summed E-state index contributed by atoms with van der Waals surface area (Å²) in [6.07, 6.45) is 6.26. The number of H-pyrrole nitrogens is 2.